The van der Waals surface area contributed by atoms with Crippen LogP contribution in [0.4, 0.5) is 0 Å². The molecule has 2 atom stereocenters. The summed E-state index contributed by atoms with van der Waals surface area (Å²) in [4.78, 5) is 12.0. The number of benzene rings is 1. The van der Waals surface area contributed by atoms with Crippen LogP contribution in [0.3, 0.4) is 0 Å². The van der Waals surface area contributed by atoms with E-state index in [-0.39, 0.29) is 24.4 Å². The van der Waals surface area contributed by atoms with Gasteiger partial charge in [-0.1, -0.05) is 18.0 Å². The van der Waals surface area contributed by atoms with Crippen LogP contribution in [0.1, 0.15) is 31.2 Å². The summed E-state index contributed by atoms with van der Waals surface area (Å²) < 4.78 is 11.1. The smallest absolute Gasteiger partial charge is 0.220 e. The maximum absolute atomic E-state index is 12.0. The summed E-state index contributed by atoms with van der Waals surface area (Å²) in [5.74, 6) is 1.71. The van der Waals surface area contributed by atoms with E-state index in [9.17, 15) is 4.79 Å². The molecule has 24 heavy (non-hydrogen) atoms. The normalized spacial score (nSPS) is 21.9. The minimum absolute atomic E-state index is 0. The van der Waals surface area contributed by atoms with E-state index in [4.69, 9.17) is 26.8 Å². The molecule has 7 heteroatoms. The zero-order valence-corrected chi connectivity index (χ0v) is 15.1. The molecule has 0 bridgehead atoms. The number of halogens is 2. The van der Waals surface area contributed by atoms with Crippen molar-refractivity contribution in [3.8, 4) is 11.5 Å². The van der Waals surface area contributed by atoms with E-state index in [2.05, 4.69) is 5.32 Å². The van der Waals surface area contributed by atoms with E-state index in [1.807, 2.05) is 12.1 Å². The van der Waals surface area contributed by atoms with Crippen LogP contribution in [0.5, 0.6) is 11.5 Å². The second kappa shape index (κ2) is 8.79. The molecule has 1 heterocycles. The second-order valence-electron chi connectivity index (χ2n) is 6.26. The monoisotopic (exact) mass is 374 g/mol. The van der Waals surface area contributed by atoms with Gasteiger partial charge in [-0.05, 0) is 42.9 Å². The molecule has 3 rings (SSSR count). The van der Waals surface area contributed by atoms with Crippen LogP contribution >= 0.6 is 24.0 Å². The molecule has 1 saturated carbocycles. The number of fused-ring (bicyclic) bond motifs is 1. The SMILES string of the molecule is Cl.N[C@@H]1CCC[C@H]1CC(=O)NCCc1cc(Cl)c2c(c1)OCCO2. The van der Waals surface area contributed by atoms with E-state index >= 15 is 0 Å². The molecule has 0 saturated heterocycles. The summed E-state index contributed by atoms with van der Waals surface area (Å²) >= 11 is 6.21. The molecule has 1 aliphatic carbocycles. The first-order valence-electron chi connectivity index (χ1n) is 8.24. The van der Waals surface area contributed by atoms with Gasteiger partial charge in [0.2, 0.25) is 5.91 Å². The van der Waals surface area contributed by atoms with Crippen molar-refractivity contribution < 1.29 is 14.3 Å². The Bertz CT molecular complexity index is 583. The van der Waals surface area contributed by atoms with Gasteiger partial charge in [-0.25, -0.2) is 0 Å². The minimum atomic E-state index is 0. The Morgan fingerprint density at radius 3 is 2.83 bits per heavy atom. The number of nitrogens with two attached hydrogens (primary N) is 1. The van der Waals surface area contributed by atoms with Crippen molar-refractivity contribution in [2.24, 2.45) is 11.7 Å². The summed E-state index contributed by atoms with van der Waals surface area (Å²) in [5.41, 5.74) is 7.03. The average molecular weight is 375 g/mol. The van der Waals surface area contributed by atoms with Gasteiger partial charge in [-0.15, -0.1) is 12.4 Å². The highest BCUT2D eigenvalue weighted by atomic mass is 35.5. The molecule has 1 aromatic carbocycles. The van der Waals surface area contributed by atoms with Crippen molar-refractivity contribution in [3.63, 3.8) is 0 Å². The average Bonchev–Trinajstić information content (AvgIpc) is 2.92. The third-order valence-electron chi connectivity index (χ3n) is 4.56. The van der Waals surface area contributed by atoms with Crippen molar-refractivity contribution >= 4 is 29.9 Å². The third kappa shape index (κ3) is 4.68. The predicted molar refractivity (Wildman–Crippen MR) is 96.3 cm³/mol. The molecule has 1 aromatic rings. The molecule has 0 spiro atoms. The number of carbonyl (C=O) groups excluding carboxylic acids is 1. The lowest BCUT2D eigenvalue weighted by Crippen LogP contribution is -2.32. The Balaban J connectivity index is 0.00000208. The van der Waals surface area contributed by atoms with Gasteiger partial charge in [0.05, 0.1) is 5.02 Å². The van der Waals surface area contributed by atoms with Crippen LogP contribution in [0.25, 0.3) is 0 Å². The Morgan fingerprint density at radius 2 is 2.08 bits per heavy atom. The van der Waals surface area contributed by atoms with Crippen molar-refractivity contribution in [1.29, 1.82) is 0 Å². The van der Waals surface area contributed by atoms with Crippen molar-refractivity contribution in [2.75, 3.05) is 19.8 Å². The molecule has 1 aliphatic heterocycles. The van der Waals surface area contributed by atoms with Crippen molar-refractivity contribution in [2.45, 2.75) is 38.1 Å². The lowest BCUT2D eigenvalue weighted by Gasteiger charge is -2.20. The predicted octanol–water partition coefficient (Wildman–Crippen LogP) is 2.71. The van der Waals surface area contributed by atoms with Crippen LogP contribution in [0.15, 0.2) is 12.1 Å². The zero-order chi connectivity index (χ0) is 16.2. The molecular weight excluding hydrogens is 351 g/mol. The second-order valence-corrected chi connectivity index (χ2v) is 6.67. The van der Waals surface area contributed by atoms with Crippen LogP contribution in [0.2, 0.25) is 5.02 Å². The molecular formula is C17H24Cl2N2O3. The van der Waals surface area contributed by atoms with Crippen LogP contribution in [-0.2, 0) is 11.2 Å². The Morgan fingerprint density at radius 1 is 1.29 bits per heavy atom. The molecule has 0 aromatic heterocycles. The van der Waals surface area contributed by atoms with Crippen LogP contribution < -0.4 is 20.5 Å². The summed E-state index contributed by atoms with van der Waals surface area (Å²) in [6.45, 7) is 1.63. The van der Waals surface area contributed by atoms with Gasteiger partial charge in [0, 0.05) is 19.0 Å². The Kier molecular flexibility index (Phi) is 7.02. The van der Waals surface area contributed by atoms with Gasteiger partial charge >= 0.3 is 0 Å². The molecule has 1 fully saturated rings. The number of amides is 1. The first-order chi connectivity index (χ1) is 11.1. The standard InChI is InChI=1S/C17H23ClN2O3.ClH/c18-13-8-11(9-15-17(13)23-7-6-22-15)4-5-20-16(21)10-12-2-1-3-14(12)19;/h8-9,12,14H,1-7,10,19H2,(H,20,21);1H/t12-,14+;/m0./s1. The van der Waals surface area contributed by atoms with Gasteiger partial charge in [0.25, 0.3) is 0 Å². The van der Waals surface area contributed by atoms with Crippen molar-refractivity contribution in [3.05, 3.63) is 22.7 Å². The number of ether oxygens (including phenoxy) is 2. The molecule has 2 aliphatic rings. The summed E-state index contributed by atoms with van der Waals surface area (Å²) in [6.07, 6.45) is 4.47. The fourth-order valence-electron chi connectivity index (χ4n) is 3.28. The molecule has 3 N–H and O–H groups in total. The van der Waals surface area contributed by atoms with E-state index in [0.717, 1.165) is 24.8 Å². The number of nitrogens with one attached hydrogen (secondary N) is 1. The van der Waals surface area contributed by atoms with Crippen LogP contribution in [-0.4, -0.2) is 31.7 Å². The summed E-state index contributed by atoms with van der Waals surface area (Å²) in [7, 11) is 0. The highest BCUT2D eigenvalue weighted by molar-refractivity contribution is 6.32. The topological polar surface area (TPSA) is 73.6 Å². The van der Waals surface area contributed by atoms with Gasteiger partial charge in [0.15, 0.2) is 11.5 Å². The molecule has 1 amide bonds. The van der Waals surface area contributed by atoms with Crippen molar-refractivity contribution in [1.82, 2.24) is 5.32 Å². The van der Waals surface area contributed by atoms with Gasteiger partial charge in [0.1, 0.15) is 13.2 Å². The largest absolute Gasteiger partial charge is 0.486 e. The maximum atomic E-state index is 12.0. The highest BCUT2D eigenvalue weighted by Crippen LogP contribution is 2.38. The first kappa shape index (κ1) is 19.2. The maximum Gasteiger partial charge on any atom is 0.220 e. The lowest BCUT2D eigenvalue weighted by molar-refractivity contribution is -0.122. The molecule has 5 nitrogen and oxygen atoms in total. The molecule has 134 valence electrons. The highest BCUT2D eigenvalue weighted by Gasteiger charge is 2.25. The minimum Gasteiger partial charge on any atom is -0.486 e. The Labute approximate surface area is 153 Å². The number of carbonyl (C=O) groups is 1. The molecule has 0 unspecified atom stereocenters. The third-order valence-corrected chi connectivity index (χ3v) is 4.84. The van der Waals surface area contributed by atoms with E-state index in [1.165, 1.54) is 0 Å². The van der Waals surface area contributed by atoms with Crippen LogP contribution in [0, 0.1) is 5.92 Å². The summed E-state index contributed by atoms with van der Waals surface area (Å²) in [6, 6.07) is 3.98. The van der Waals surface area contributed by atoms with Gasteiger partial charge in [-0.3, -0.25) is 4.79 Å². The molecule has 0 radical (unpaired) electrons. The lowest BCUT2D eigenvalue weighted by atomic mass is 10.00. The quantitative estimate of drug-likeness (QED) is 0.830. The van der Waals surface area contributed by atoms with Gasteiger partial charge < -0.3 is 20.5 Å². The van der Waals surface area contributed by atoms with E-state index in [1.54, 1.807) is 0 Å². The van der Waals surface area contributed by atoms with E-state index < -0.39 is 0 Å². The number of hydrogen-bond acceptors (Lipinski definition) is 4. The fourth-order valence-corrected chi connectivity index (χ4v) is 3.57. The zero-order valence-electron chi connectivity index (χ0n) is 13.6. The number of rotatable bonds is 5. The fraction of sp³-hybridized carbons (Fsp3) is 0.588. The Hall–Kier alpha value is -1.17. The van der Waals surface area contributed by atoms with E-state index in [0.29, 0.717) is 55.0 Å². The summed E-state index contributed by atoms with van der Waals surface area (Å²) in [5, 5.41) is 3.52. The number of hydrogen-bond donors (Lipinski definition) is 2. The van der Waals surface area contributed by atoms with Gasteiger partial charge in [-0.2, -0.15) is 0 Å². The first-order valence-corrected chi connectivity index (χ1v) is 8.61.